The lowest BCUT2D eigenvalue weighted by Gasteiger charge is -2.20. The van der Waals surface area contributed by atoms with E-state index < -0.39 is 0 Å². The predicted molar refractivity (Wildman–Crippen MR) is 90.4 cm³/mol. The van der Waals surface area contributed by atoms with Crippen LogP contribution >= 0.6 is 31.9 Å². The average molecular weight is 399 g/mol. The van der Waals surface area contributed by atoms with Gasteiger partial charge >= 0.3 is 0 Å². The van der Waals surface area contributed by atoms with Gasteiger partial charge in [0, 0.05) is 8.95 Å². The highest BCUT2D eigenvalue weighted by molar-refractivity contribution is 9.10. The number of hydrogen-bond acceptors (Lipinski definition) is 2. The van der Waals surface area contributed by atoms with Gasteiger partial charge in [0.25, 0.3) is 0 Å². The first-order chi connectivity index (χ1) is 9.67. The van der Waals surface area contributed by atoms with Gasteiger partial charge in [0.15, 0.2) is 0 Å². The molecule has 20 heavy (non-hydrogen) atoms. The number of halogens is 2. The lowest BCUT2D eigenvalue weighted by Crippen LogP contribution is -2.18. The van der Waals surface area contributed by atoms with Gasteiger partial charge in [-0.05, 0) is 43.3 Å². The van der Waals surface area contributed by atoms with Crippen LogP contribution in [0.4, 0.5) is 0 Å². The molecule has 0 aromatic heterocycles. The van der Waals surface area contributed by atoms with Gasteiger partial charge in [-0.1, -0.05) is 56.1 Å². The number of benzene rings is 2. The van der Waals surface area contributed by atoms with Crippen molar-refractivity contribution < 1.29 is 4.74 Å². The van der Waals surface area contributed by atoms with Crippen LogP contribution in [0.25, 0.3) is 0 Å². The molecular weight excluding hydrogens is 382 g/mol. The van der Waals surface area contributed by atoms with Crippen LogP contribution in [0.1, 0.15) is 24.1 Å². The summed E-state index contributed by atoms with van der Waals surface area (Å²) in [6.45, 7) is 2.66. The smallest absolute Gasteiger partial charge is 0.120 e. The summed E-state index contributed by atoms with van der Waals surface area (Å²) >= 11 is 7.26. The molecule has 0 heterocycles. The molecule has 1 unspecified atom stereocenters. The maximum atomic E-state index is 5.52. The van der Waals surface area contributed by atoms with E-state index in [1.54, 1.807) is 0 Å². The van der Waals surface area contributed by atoms with Crippen molar-refractivity contribution in [2.75, 3.05) is 13.7 Å². The Morgan fingerprint density at radius 3 is 2.35 bits per heavy atom. The van der Waals surface area contributed by atoms with E-state index in [1.165, 1.54) is 11.1 Å². The molecule has 0 bridgehead atoms. The highest BCUT2D eigenvalue weighted by Gasteiger charge is 2.17. The lowest BCUT2D eigenvalue weighted by atomic mass is 9.99. The van der Waals surface area contributed by atoms with Crippen molar-refractivity contribution in [2.45, 2.75) is 13.0 Å². The van der Waals surface area contributed by atoms with E-state index in [0.717, 1.165) is 14.7 Å². The molecule has 0 fully saturated rings. The zero-order valence-corrected chi connectivity index (χ0v) is 14.7. The molecule has 0 aliphatic carbocycles. The second-order valence-electron chi connectivity index (χ2n) is 4.36. The molecule has 0 spiro atoms. The third-order valence-corrected chi connectivity index (χ3v) is 4.51. The van der Waals surface area contributed by atoms with Crippen molar-refractivity contribution in [2.24, 2.45) is 0 Å². The first-order valence-corrected chi connectivity index (χ1v) is 8.10. The van der Waals surface area contributed by atoms with E-state index in [9.17, 15) is 0 Å². The van der Waals surface area contributed by atoms with Gasteiger partial charge in [0.05, 0.1) is 12.6 Å². The summed E-state index contributed by atoms with van der Waals surface area (Å²) in [7, 11) is 1.97. The molecule has 4 heteroatoms. The van der Waals surface area contributed by atoms with Crippen LogP contribution < -0.4 is 10.1 Å². The second kappa shape index (κ2) is 7.25. The van der Waals surface area contributed by atoms with Crippen molar-refractivity contribution in [3.05, 3.63) is 62.5 Å². The van der Waals surface area contributed by atoms with E-state index in [-0.39, 0.29) is 6.04 Å². The van der Waals surface area contributed by atoms with E-state index in [4.69, 9.17) is 4.74 Å². The highest BCUT2D eigenvalue weighted by atomic mass is 79.9. The Kier molecular flexibility index (Phi) is 5.64. The van der Waals surface area contributed by atoms with Crippen LogP contribution in [0.3, 0.4) is 0 Å². The van der Waals surface area contributed by atoms with Gasteiger partial charge < -0.3 is 10.1 Å². The maximum absolute atomic E-state index is 5.52. The normalized spacial score (nSPS) is 12.2. The number of nitrogens with one attached hydrogen (secondary N) is 1. The monoisotopic (exact) mass is 397 g/mol. The lowest BCUT2D eigenvalue weighted by molar-refractivity contribution is 0.340. The maximum Gasteiger partial charge on any atom is 0.120 e. The van der Waals surface area contributed by atoms with E-state index in [0.29, 0.717) is 6.61 Å². The molecule has 1 N–H and O–H groups in total. The molecule has 0 radical (unpaired) electrons. The molecule has 0 amide bonds. The molecule has 0 saturated carbocycles. The van der Waals surface area contributed by atoms with Crippen molar-refractivity contribution in [3.8, 4) is 5.75 Å². The molecule has 2 aromatic rings. The minimum absolute atomic E-state index is 0.121. The summed E-state index contributed by atoms with van der Waals surface area (Å²) in [6.07, 6.45) is 0. The summed E-state index contributed by atoms with van der Waals surface area (Å²) < 4.78 is 7.66. The van der Waals surface area contributed by atoms with Gasteiger partial charge in [0.1, 0.15) is 5.75 Å². The van der Waals surface area contributed by atoms with Crippen molar-refractivity contribution in [1.82, 2.24) is 5.32 Å². The number of rotatable bonds is 5. The third kappa shape index (κ3) is 3.43. The molecule has 0 saturated heterocycles. The molecule has 2 nitrogen and oxygen atoms in total. The average Bonchev–Trinajstić information content (AvgIpc) is 2.44. The minimum Gasteiger partial charge on any atom is -0.494 e. The number of hydrogen-bond donors (Lipinski definition) is 1. The van der Waals surface area contributed by atoms with Crippen LogP contribution in [0, 0.1) is 0 Å². The summed E-state index contributed by atoms with van der Waals surface area (Å²) in [4.78, 5) is 0. The molecule has 0 aliphatic rings. The van der Waals surface area contributed by atoms with E-state index in [2.05, 4.69) is 55.4 Å². The van der Waals surface area contributed by atoms with Gasteiger partial charge in [-0.3, -0.25) is 0 Å². The molecule has 2 rings (SSSR count). The SMILES string of the molecule is CCOc1ccc(C(NC)c2ccccc2Br)c(Br)c1. The molecular formula is C16H17Br2NO. The van der Waals surface area contributed by atoms with E-state index >= 15 is 0 Å². The molecule has 0 aliphatic heterocycles. The van der Waals surface area contributed by atoms with Crippen molar-refractivity contribution in [3.63, 3.8) is 0 Å². The fourth-order valence-electron chi connectivity index (χ4n) is 2.19. The minimum atomic E-state index is 0.121. The fourth-order valence-corrected chi connectivity index (χ4v) is 3.29. The highest BCUT2D eigenvalue weighted by Crippen LogP contribution is 2.34. The van der Waals surface area contributed by atoms with E-state index in [1.807, 2.05) is 38.2 Å². The topological polar surface area (TPSA) is 21.3 Å². The summed E-state index contributed by atoms with van der Waals surface area (Å²) in [6, 6.07) is 14.5. The molecule has 106 valence electrons. The summed E-state index contributed by atoms with van der Waals surface area (Å²) in [5.74, 6) is 0.880. The van der Waals surface area contributed by atoms with Gasteiger partial charge in [-0.25, -0.2) is 0 Å². The Morgan fingerprint density at radius 2 is 1.75 bits per heavy atom. The van der Waals surface area contributed by atoms with Gasteiger partial charge in [-0.15, -0.1) is 0 Å². The Balaban J connectivity index is 2.40. The first-order valence-electron chi connectivity index (χ1n) is 6.51. The van der Waals surface area contributed by atoms with Crippen LogP contribution in [0.5, 0.6) is 5.75 Å². The largest absolute Gasteiger partial charge is 0.494 e. The van der Waals surface area contributed by atoms with Crippen LogP contribution in [0.15, 0.2) is 51.4 Å². The second-order valence-corrected chi connectivity index (χ2v) is 6.07. The third-order valence-electron chi connectivity index (χ3n) is 3.10. The first kappa shape index (κ1) is 15.5. The van der Waals surface area contributed by atoms with Crippen molar-refractivity contribution >= 4 is 31.9 Å². The Bertz CT molecular complexity index is 586. The fraction of sp³-hybridized carbons (Fsp3) is 0.250. The quantitative estimate of drug-likeness (QED) is 0.771. The Hall–Kier alpha value is -0.840. The zero-order valence-electron chi connectivity index (χ0n) is 11.5. The van der Waals surface area contributed by atoms with Crippen LogP contribution in [-0.4, -0.2) is 13.7 Å². The molecule has 1 atom stereocenters. The van der Waals surface area contributed by atoms with Crippen LogP contribution in [-0.2, 0) is 0 Å². The predicted octanol–water partition coefficient (Wildman–Crippen LogP) is 4.92. The Morgan fingerprint density at radius 1 is 1.05 bits per heavy atom. The summed E-state index contributed by atoms with van der Waals surface area (Å²) in [5.41, 5.74) is 2.39. The zero-order chi connectivity index (χ0) is 14.5. The Labute approximate surface area is 136 Å². The van der Waals surface area contributed by atoms with Crippen LogP contribution in [0.2, 0.25) is 0 Å². The van der Waals surface area contributed by atoms with Crippen molar-refractivity contribution in [1.29, 1.82) is 0 Å². The van der Waals surface area contributed by atoms with Gasteiger partial charge in [-0.2, -0.15) is 0 Å². The standard InChI is InChI=1S/C16H17Br2NO/c1-3-20-11-8-9-13(15(18)10-11)16(19-2)12-6-4-5-7-14(12)17/h4-10,16,19H,3H2,1-2H3. The van der Waals surface area contributed by atoms with Gasteiger partial charge in [0.2, 0.25) is 0 Å². The number of ether oxygens (including phenoxy) is 1. The molecule has 2 aromatic carbocycles. The summed E-state index contributed by atoms with van der Waals surface area (Å²) in [5, 5.41) is 3.37.